The molecule has 0 amide bonds. The molecule has 4 heteroatoms. The van der Waals surface area contributed by atoms with Gasteiger partial charge in [0.25, 0.3) is 0 Å². The van der Waals surface area contributed by atoms with Gasteiger partial charge < -0.3 is 9.84 Å². The molecule has 1 saturated carbocycles. The predicted molar refractivity (Wildman–Crippen MR) is 84.4 cm³/mol. The highest BCUT2D eigenvalue weighted by atomic mass is 79.9. The Bertz CT molecular complexity index is 505. The fourth-order valence-corrected chi connectivity index (χ4v) is 4.27. The third kappa shape index (κ3) is 3.16. The molecule has 21 heavy (non-hydrogen) atoms. The van der Waals surface area contributed by atoms with E-state index in [1.807, 2.05) is 24.3 Å². The van der Waals surface area contributed by atoms with Crippen LogP contribution in [0.2, 0.25) is 0 Å². The van der Waals surface area contributed by atoms with Crippen molar-refractivity contribution in [1.29, 1.82) is 0 Å². The van der Waals surface area contributed by atoms with Gasteiger partial charge in [-0.2, -0.15) is 0 Å². The number of rotatable bonds is 3. The average Bonchev–Trinajstić information content (AvgIpc) is 2.89. The number of carbonyl (C=O) groups is 1. The van der Waals surface area contributed by atoms with Crippen molar-refractivity contribution >= 4 is 21.9 Å². The topological polar surface area (TPSA) is 46.5 Å². The molecular formula is C17H21BrO3. The molecule has 0 bridgehead atoms. The molecule has 1 aliphatic heterocycles. The minimum absolute atomic E-state index is 0.0357. The summed E-state index contributed by atoms with van der Waals surface area (Å²) in [6.45, 7) is 0.699. The van der Waals surface area contributed by atoms with Gasteiger partial charge in [-0.3, -0.25) is 4.79 Å². The van der Waals surface area contributed by atoms with E-state index >= 15 is 0 Å². The summed E-state index contributed by atoms with van der Waals surface area (Å²) in [6, 6.07) is 7.71. The van der Waals surface area contributed by atoms with E-state index in [2.05, 4.69) is 15.9 Å². The Balaban J connectivity index is 1.83. The van der Waals surface area contributed by atoms with Gasteiger partial charge >= 0.3 is 5.97 Å². The highest BCUT2D eigenvalue weighted by Gasteiger charge is 2.43. The maximum absolute atomic E-state index is 11.8. The Hall–Kier alpha value is -0.870. The first kappa shape index (κ1) is 15.0. The van der Waals surface area contributed by atoms with Crippen molar-refractivity contribution in [1.82, 2.24) is 0 Å². The Morgan fingerprint density at radius 2 is 1.95 bits per heavy atom. The Morgan fingerprint density at radius 3 is 2.57 bits per heavy atom. The Kier molecular flexibility index (Phi) is 4.36. The first-order valence-electron chi connectivity index (χ1n) is 7.72. The minimum atomic E-state index is -0.711. The van der Waals surface area contributed by atoms with E-state index < -0.39 is 11.9 Å². The van der Waals surface area contributed by atoms with Crippen LogP contribution >= 0.6 is 15.9 Å². The van der Waals surface area contributed by atoms with Crippen LogP contribution in [-0.4, -0.2) is 23.3 Å². The molecule has 1 saturated heterocycles. The second kappa shape index (κ2) is 6.09. The summed E-state index contributed by atoms with van der Waals surface area (Å²) < 4.78 is 7.02. The number of carboxylic acid groups (broad SMARTS) is 1. The number of carboxylic acids is 1. The third-order valence-corrected chi connectivity index (χ3v) is 5.54. The molecule has 3 nitrogen and oxygen atoms in total. The summed E-state index contributed by atoms with van der Waals surface area (Å²) in [4.78, 5) is 11.8. The predicted octanol–water partition coefficient (Wildman–Crippen LogP) is 4.36. The van der Waals surface area contributed by atoms with Crippen LogP contribution < -0.4 is 0 Å². The fourth-order valence-electron chi connectivity index (χ4n) is 4.00. The first-order chi connectivity index (χ1) is 10.1. The highest BCUT2D eigenvalue weighted by molar-refractivity contribution is 9.10. The van der Waals surface area contributed by atoms with Crippen molar-refractivity contribution in [2.24, 2.45) is 5.92 Å². The molecule has 2 unspecified atom stereocenters. The summed E-state index contributed by atoms with van der Waals surface area (Å²) in [5.74, 6) is -0.952. The lowest BCUT2D eigenvalue weighted by Crippen LogP contribution is -2.40. The summed E-state index contributed by atoms with van der Waals surface area (Å²) in [5, 5.41) is 9.73. The lowest BCUT2D eigenvalue weighted by atomic mass is 9.75. The van der Waals surface area contributed by atoms with Gasteiger partial charge in [-0.25, -0.2) is 0 Å². The molecular weight excluding hydrogens is 332 g/mol. The molecule has 2 atom stereocenters. The zero-order valence-electron chi connectivity index (χ0n) is 12.1. The minimum Gasteiger partial charge on any atom is -0.481 e. The van der Waals surface area contributed by atoms with Crippen LogP contribution in [0.25, 0.3) is 0 Å². The van der Waals surface area contributed by atoms with Crippen LogP contribution in [0.3, 0.4) is 0 Å². The monoisotopic (exact) mass is 352 g/mol. The molecule has 0 aromatic heterocycles. The smallest absolute Gasteiger partial charge is 0.311 e. The number of benzene rings is 1. The average molecular weight is 353 g/mol. The number of aliphatic carboxylic acids is 1. The van der Waals surface area contributed by atoms with E-state index in [1.165, 1.54) is 12.8 Å². The van der Waals surface area contributed by atoms with Crippen molar-refractivity contribution < 1.29 is 14.6 Å². The molecule has 1 aromatic rings. The summed E-state index contributed by atoms with van der Waals surface area (Å²) in [6.07, 6.45) is 6.34. The Morgan fingerprint density at radius 1 is 1.29 bits per heavy atom. The van der Waals surface area contributed by atoms with Gasteiger partial charge in [-0.05, 0) is 49.3 Å². The van der Waals surface area contributed by atoms with Gasteiger partial charge in [0.1, 0.15) is 0 Å². The molecule has 1 N–H and O–H groups in total. The lowest BCUT2D eigenvalue weighted by Gasteiger charge is -2.40. The molecule has 1 heterocycles. The summed E-state index contributed by atoms with van der Waals surface area (Å²) >= 11 is 3.41. The molecule has 1 aliphatic carbocycles. The molecule has 2 fully saturated rings. The van der Waals surface area contributed by atoms with Crippen LogP contribution in [0.15, 0.2) is 28.7 Å². The number of hydrogen-bond acceptors (Lipinski definition) is 2. The maximum atomic E-state index is 11.8. The number of ether oxygens (including phenoxy) is 1. The number of halogens is 1. The molecule has 1 spiro atoms. The van der Waals surface area contributed by atoms with Gasteiger partial charge in [0.15, 0.2) is 0 Å². The van der Waals surface area contributed by atoms with Crippen molar-refractivity contribution in [2.75, 3.05) is 6.61 Å². The first-order valence-corrected chi connectivity index (χ1v) is 8.51. The maximum Gasteiger partial charge on any atom is 0.311 e. The Labute approximate surface area is 133 Å². The lowest BCUT2D eigenvalue weighted by molar-refractivity contribution is -0.144. The van der Waals surface area contributed by atoms with Crippen LogP contribution in [0.1, 0.15) is 50.0 Å². The van der Waals surface area contributed by atoms with Gasteiger partial charge in [0, 0.05) is 11.1 Å². The molecule has 2 aliphatic rings. The second-order valence-corrected chi connectivity index (χ2v) is 7.27. The quantitative estimate of drug-likeness (QED) is 0.878. The van der Waals surface area contributed by atoms with E-state index in [0.29, 0.717) is 6.61 Å². The van der Waals surface area contributed by atoms with Crippen LogP contribution in [0.4, 0.5) is 0 Å². The van der Waals surface area contributed by atoms with E-state index in [0.717, 1.165) is 35.7 Å². The standard InChI is InChI=1S/C17H21BrO3/c18-14-5-3-12(4-6-14)15(16(19)20)13-7-10-21-17(11-13)8-1-2-9-17/h3-6,13,15H,1-2,7-11H2,(H,19,20). The van der Waals surface area contributed by atoms with Crippen LogP contribution in [0.5, 0.6) is 0 Å². The van der Waals surface area contributed by atoms with Crippen molar-refractivity contribution in [2.45, 2.75) is 50.0 Å². The molecule has 114 valence electrons. The fraction of sp³-hybridized carbons (Fsp3) is 0.588. The van der Waals surface area contributed by atoms with Crippen LogP contribution in [-0.2, 0) is 9.53 Å². The third-order valence-electron chi connectivity index (χ3n) is 5.01. The van der Waals surface area contributed by atoms with Gasteiger partial charge in [-0.1, -0.05) is 40.9 Å². The van der Waals surface area contributed by atoms with Gasteiger partial charge in [0.2, 0.25) is 0 Å². The van der Waals surface area contributed by atoms with Crippen molar-refractivity contribution in [3.8, 4) is 0 Å². The zero-order valence-corrected chi connectivity index (χ0v) is 13.6. The summed E-state index contributed by atoms with van der Waals surface area (Å²) in [5.41, 5.74) is 0.872. The van der Waals surface area contributed by atoms with E-state index in [4.69, 9.17) is 4.74 Å². The van der Waals surface area contributed by atoms with Gasteiger partial charge in [0.05, 0.1) is 11.5 Å². The summed E-state index contributed by atoms with van der Waals surface area (Å²) in [7, 11) is 0. The van der Waals surface area contributed by atoms with Crippen LogP contribution in [0, 0.1) is 5.92 Å². The number of hydrogen-bond donors (Lipinski definition) is 1. The highest BCUT2D eigenvalue weighted by Crippen LogP contribution is 2.46. The molecule has 3 rings (SSSR count). The SMILES string of the molecule is O=C(O)C(c1ccc(Br)cc1)C1CCOC2(CCCC2)C1. The van der Waals surface area contributed by atoms with Crippen molar-refractivity contribution in [3.05, 3.63) is 34.3 Å². The van der Waals surface area contributed by atoms with E-state index in [1.54, 1.807) is 0 Å². The van der Waals surface area contributed by atoms with E-state index in [9.17, 15) is 9.90 Å². The normalized spacial score (nSPS) is 25.9. The van der Waals surface area contributed by atoms with Gasteiger partial charge in [-0.15, -0.1) is 0 Å². The van der Waals surface area contributed by atoms with Crippen molar-refractivity contribution in [3.63, 3.8) is 0 Å². The second-order valence-electron chi connectivity index (χ2n) is 6.36. The largest absolute Gasteiger partial charge is 0.481 e. The molecule has 0 radical (unpaired) electrons. The zero-order chi connectivity index (χ0) is 14.9. The molecule has 1 aromatic carbocycles. The van der Waals surface area contributed by atoms with E-state index in [-0.39, 0.29) is 11.5 Å².